The molecule has 4 unspecified atom stereocenters. The standard InChI is InChI=1S/C19H40/c1-8-11-12-13-14-18(9-2)16(6)17(7)19(10-3)15(4)5/h15-19H,8-14H2,1-7H3. The molecule has 0 aliphatic carbocycles. The van der Waals surface area contributed by atoms with Crippen LogP contribution in [0.5, 0.6) is 0 Å². The van der Waals surface area contributed by atoms with E-state index in [2.05, 4.69) is 48.5 Å². The smallest absolute Gasteiger partial charge is 0.0365 e. The summed E-state index contributed by atoms with van der Waals surface area (Å²) in [6, 6.07) is 0. The monoisotopic (exact) mass is 268 g/mol. The second-order valence-electron chi connectivity index (χ2n) is 7.05. The lowest BCUT2D eigenvalue weighted by molar-refractivity contribution is 0.141. The highest BCUT2D eigenvalue weighted by Crippen LogP contribution is 2.36. The number of hydrogen-bond donors (Lipinski definition) is 0. The third kappa shape index (κ3) is 6.82. The number of rotatable bonds is 11. The van der Waals surface area contributed by atoms with Crippen molar-refractivity contribution in [3.8, 4) is 0 Å². The van der Waals surface area contributed by atoms with Crippen molar-refractivity contribution in [1.82, 2.24) is 0 Å². The van der Waals surface area contributed by atoms with E-state index in [1.165, 1.54) is 44.9 Å². The van der Waals surface area contributed by atoms with Crippen LogP contribution in [0.2, 0.25) is 0 Å². The molecule has 116 valence electrons. The Hall–Kier alpha value is 0. The van der Waals surface area contributed by atoms with Gasteiger partial charge in [0.25, 0.3) is 0 Å². The first-order valence-corrected chi connectivity index (χ1v) is 8.99. The van der Waals surface area contributed by atoms with Crippen LogP contribution in [0.1, 0.15) is 93.4 Å². The SMILES string of the molecule is CCCCCCC(CC)C(C)C(C)C(CC)C(C)C. The topological polar surface area (TPSA) is 0 Å². The summed E-state index contributed by atoms with van der Waals surface area (Å²) < 4.78 is 0. The van der Waals surface area contributed by atoms with Crippen molar-refractivity contribution in [2.75, 3.05) is 0 Å². The Bertz CT molecular complexity index is 194. The molecule has 0 amide bonds. The minimum Gasteiger partial charge on any atom is -0.0654 e. The van der Waals surface area contributed by atoms with Crippen LogP contribution in [0.25, 0.3) is 0 Å². The Morgan fingerprint density at radius 2 is 1.32 bits per heavy atom. The molecule has 0 saturated carbocycles. The lowest BCUT2D eigenvalue weighted by Crippen LogP contribution is -2.27. The molecular weight excluding hydrogens is 228 g/mol. The van der Waals surface area contributed by atoms with Crippen molar-refractivity contribution >= 4 is 0 Å². The molecule has 0 aromatic rings. The van der Waals surface area contributed by atoms with Gasteiger partial charge in [-0.15, -0.1) is 0 Å². The molecule has 0 N–H and O–H groups in total. The third-order valence-corrected chi connectivity index (χ3v) is 5.53. The zero-order valence-corrected chi connectivity index (χ0v) is 14.8. The van der Waals surface area contributed by atoms with Crippen molar-refractivity contribution in [3.05, 3.63) is 0 Å². The van der Waals surface area contributed by atoms with Crippen LogP contribution in [-0.2, 0) is 0 Å². The maximum atomic E-state index is 2.52. The van der Waals surface area contributed by atoms with Crippen molar-refractivity contribution in [2.24, 2.45) is 29.6 Å². The average molecular weight is 269 g/mol. The molecule has 0 rings (SSSR count). The molecule has 0 fully saturated rings. The van der Waals surface area contributed by atoms with E-state index >= 15 is 0 Å². The molecule has 0 aromatic heterocycles. The molecule has 0 aliphatic heterocycles. The fraction of sp³-hybridized carbons (Fsp3) is 1.00. The minimum atomic E-state index is 0.833. The maximum Gasteiger partial charge on any atom is -0.0365 e. The largest absolute Gasteiger partial charge is 0.0654 e. The lowest BCUT2D eigenvalue weighted by Gasteiger charge is -2.35. The zero-order chi connectivity index (χ0) is 14.8. The Labute approximate surface area is 123 Å². The summed E-state index contributed by atoms with van der Waals surface area (Å²) in [4.78, 5) is 0. The Balaban J connectivity index is 4.34. The molecule has 0 aromatic carbocycles. The van der Waals surface area contributed by atoms with Gasteiger partial charge in [0, 0.05) is 0 Å². The van der Waals surface area contributed by atoms with Crippen molar-refractivity contribution < 1.29 is 0 Å². The van der Waals surface area contributed by atoms with E-state index in [9.17, 15) is 0 Å². The predicted octanol–water partition coefficient (Wildman–Crippen LogP) is 6.94. The van der Waals surface area contributed by atoms with Crippen LogP contribution in [0.3, 0.4) is 0 Å². The van der Waals surface area contributed by atoms with E-state index in [0.29, 0.717) is 0 Å². The normalized spacial score (nSPS) is 18.3. The molecule has 0 spiro atoms. The molecule has 0 saturated heterocycles. The highest BCUT2D eigenvalue weighted by molar-refractivity contribution is 4.77. The molecule has 0 heteroatoms. The summed E-state index contributed by atoms with van der Waals surface area (Å²) >= 11 is 0. The van der Waals surface area contributed by atoms with Crippen LogP contribution in [0.4, 0.5) is 0 Å². The van der Waals surface area contributed by atoms with Gasteiger partial charge in [-0.2, -0.15) is 0 Å². The molecular formula is C19H40. The summed E-state index contributed by atoms with van der Waals surface area (Å²) in [6.45, 7) is 16.9. The second kappa shape index (κ2) is 10.7. The Kier molecular flexibility index (Phi) is 10.7. The summed E-state index contributed by atoms with van der Waals surface area (Å²) in [5.74, 6) is 4.44. The van der Waals surface area contributed by atoms with E-state index in [1.54, 1.807) is 0 Å². The first-order valence-electron chi connectivity index (χ1n) is 8.99. The van der Waals surface area contributed by atoms with Crippen molar-refractivity contribution in [2.45, 2.75) is 93.4 Å². The van der Waals surface area contributed by atoms with Gasteiger partial charge < -0.3 is 0 Å². The molecule has 4 atom stereocenters. The van der Waals surface area contributed by atoms with Gasteiger partial charge in [-0.25, -0.2) is 0 Å². The van der Waals surface area contributed by atoms with Gasteiger partial charge in [0.15, 0.2) is 0 Å². The van der Waals surface area contributed by atoms with Crippen molar-refractivity contribution in [3.63, 3.8) is 0 Å². The number of hydrogen-bond acceptors (Lipinski definition) is 0. The Morgan fingerprint density at radius 1 is 0.684 bits per heavy atom. The van der Waals surface area contributed by atoms with E-state index in [0.717, 1.165) is 29.6 Å². The lowest BCUT2D eigenvalue weighted by atomic mass is 9.70. The van der Waals surface area contributed by atoms with Crippen LogP contribution < -0.4 is 0 Å². The van der Waals surface area contributed by atoms with Gasteiger partial charge in [-0.1, -0.05) is 93.4 Å². The first-order chi connectivity index (χ1) is 8.99. The summed E-state index contributed by atoms with van der Waals surface area (Å²) in [6.07, 6.45) is 9.83. The van der Waals surface area contributed by atoms with Gasteiger partial charge in [0.2, 0.25) is 0 Å². The predicted molar refractivity (Wildman–Crippen MR) is 89.5 cm³/mol. The molecule has 0 bridgehead atoms. The van der Waals surface area contributed by atoms with E-state index in [4.69, 9.17) is 0 Å². The number of unbranched alkanes of at least 4 members (excludes halogenated alkanes) is 3. The fourth-order valence-corrected chi connectivity index (χ4v) is 3.94. The first kappa shape index (κ1) is 19.0. The van der Waals surface area contributed by atoms with Gasteiger partial charge in [-0.3, -0.25) is 0 Å². The van der Waals surface area contributed by atoms with Crippen LogP contribution in [0, 0.1) is 29.6 Å². The minimum absolute atomic E-state index is 0.833. The van der Waals surface area contributed by atoms with E-state index in [1.807, 2.05) is 0 Å². The zero-order valence-electron chi connectivity index (χ0n) is 14.8. The van der Waals surface area contributed by atoms with Gasteiger partial charge in [0.1, 0.15) is 0 Å². The molecule has 0 heterocycles. The van der Waals surface area contributed by atoms with E-state index in [-0.39, 0.29) is 0 Å². The van der Waals surface area contributed by atoms with Crippen molar-refractivity contribution in [1.29, 1.82) is 0 Å². The second-order valence-corrected chi connectivity index (χ2v) is 7.05. The van der Waals surface area contributed by atoms with Gasteiger partial charge in [-0.05, 0) is 29.6 Å². The van der Waals surface area contributed by atoms with Crippen LogP contribution in [-0.4, -0.2) is 0 Å². The van der Waals surface area contributed by atoms with E-state index < -0.39 is 0 Å². The maximum absolute atomic E-state index is 2.52. The average Bonchev–Trinajstić information content (AvgIpc) is 2.38. The van der Waals surface area contributed by atoms with Crippen LogP contribution >= 0.6 is 0 Å². The third-order valence-electron chi connectivity index (χ3n) is 5.53. The molecule has 0 radical (unpaired) electrons. The summed E-state index contributed by atoms with van der Waals surface area (Å²) in [5.41, 5.74) is 0. The fourth-order valence-electron chi connectivity index (χ4n) is 3.94. The molecule has 0 nitrogen and oxygen atoms in total. The summed E-state index contributed by atoms with van der Waals surface area (Å²) in [7, 11) is 0. The summed E-state index contributed by atoms with van der Waals surface area (Å²) in [5, 5.41) is 0. The quantitative estimate of drug-likeness (QED) is 0.356. The van der Waals surface area contributed by atoms with Gasteiger partial charge >= 0.3 is 0 Å². The Morgan fingerprint density at radius 3 is 1.74 bits per heavy atom. The molecule has 19 heavy (non-hydrogen) atoms. The highest BCUT2D eigenvalue weighted by Gasteiger charge is 2.28. The highest BCUT2D eigenvalue weighted by atomic mass is 14.3. The van der Waals surface area contributed by atoms with Gasteiger partial charge in [0.05, 0.1) is 0 Å². The van der Waals surface area contributed by atoms with Crippen LogP contribution in [0.15, 0.2) is 0 Å². The molecule has 0 aliphatic rings.